The minimum absolute atomic E-state index is 0.196. The van der Waals surface area contributed by atoms with Crippen LogP contribution < -0.4 is 19.9 Å². The van der Waals surface area contributed by atoms with Crippen molar-refractivity contribution in [2.24, 2.45) is 18.9 Å². The molecule has 1 aromatic heterocycles. The third-order valence-electron chi connectivity index (χ3n) is 5.37. The van der Waals surface area contributed by atoms with Gasteiger partial charge in [-0.1, -0.05) is 45.9 Å². The Balaban J connectivity index is 2.38. The average Bonchev–Trinajstić information content (AvgIpc) is 2.82. The van der Waals surface area contributed by atoms with Crippen molar-refractivity contribution in [3.05, 3.63) is 64.4 Å². The highest BCUT2D eigenvalue weighted by Gasteiger charge is 2.33. The molecule has 2 aromatic carbocycles. The highest BCUT2D eigenvalue weighted by atomic mass is 16.5. The fourth-order valence-corrected chi connectivity index (χ4v) is 3.43. The molecule has 2 amide bonds. The maximum atomic E-state index is 13.9. The summed E-state index contributed by atoms with van der Waals surface area (Å²) in [5.41, 5.74) is -0.350. The zero-order chi connectivity index (χ0) is 25.2. The number of aryl methyl sites for hydroxylation is 1. The summed E-state index contributed by atoms with van der Waals surface area (Å²) >= 11 is 0. The van der Waals surface area contributed by atoms with Gasteiger partial charge in [-0.25, -0.2) is 4.90 Å². The summed E-state index contributed by atoms with van der Waals surface area (Å²) in [6.45, 7) is 6.61. The number of para-hydroxylation sites is 1. The van der Waals surface area contributed by atoms with Crippen LogP contribution in [0.2, 0.25) is 0 Å². The first-order valence-corrected chi connectivity index (χ1v) is 10.9. The van der Waals surface area contributed by atoms with Gasteiger partial charge < -0.3 is 14.0 Å². The number of rotatable bonds is 6. The summed E-state index contributed by atoms with van der Waals surface area (Å²) in [7, 11) is 2.99. The first-order chi connectivity index (χ1) is 16.1. The molecular formula is C26H28N2O6. The van der Waals surface area contributed by atoms with Crippen molar-refractivity contribution in [1.29, 1.82) is 0 Å². The van der Waals surface area contributed by atoms with Gasteiger partial charge in [0.2, 0.25) is 5.91 Å². The molecule has 0 radical (unpaired) electrons. The van der Waals surface area contributed by atoms with E-state index in [1.807, 2.05) is 0 Å². The predicted molar refractivity (Wildman–Crippen MR) is 129 cm³/mol. The molecule has 0 unspecified atom stereocenters. The molecule has 3 rings (SSSR count). The van der Waals surface area contributed by atoms with Crippen molar-refractivity contribution in [1.82, 2.24) is 4.57 Å². The van der Waals surface area contributed by atoms with Crippen molar-refractivity contribution in [3.63, 3.8) is 0 Å². The molecule has 8 heteroatoms. The number of anilines is 1. The highest BCUT2D eigenvalue weighted by Crippen LogP contribution is 2.33. The van der Waals surface area contributed by atoms with E-state index >= 15 is 0 Å². The van der Waals surface area contributed by atoms with Crippen LogP contribution in [0.1, 0.15) is 38.1 Å². The van der Waals surface area contributed by atoms with Crippen molar-refractivity contribution in [2.75, 3.05) is 12.0 Å². The van der Waals surface area contributed by atoms with Gasteiger partial charge in [0.15, 0.2) is 5.75 Å². The Hall–Kier alpha value is -3.94. The molecule has 178 valence electrons. The van der Waals surface area contributed by atoms with Gasteiger partial charge in [-0.05, 0) is 30.3 Å². The number of hydrogen-bond donors (Lipinski definition) is 0. The van der Waals surface area contributed by atoms with Gasteiger partial charge in [0.05, 0.1) is 24.2 Å². The van der Waals surface area contributed by atoms with Crippen molar-refractivity contribution < 1.29 is 23.9 Å². The lowest BCUT2D eigenvalue weighted by molar-refractivity contribution is -0.137. The highest BCUT2D eigenvalue weighted by molar-refractivity contribution is 6.23. The average molecular weight is 465 g/mol. The van der Waals surface area contributed by atoms with Crippen molar-refractivity contribution >= 4 is 34.4 Å². The smallest absolute Gasteiger partial charge is 0.313 e. The number of hydrogen-bond acceptors (Lipinski definition) is 6. The Bertz CT molecular complexity index is 1310. The lowest BCUT2D eigenvalue weighted by Gasteiger charge is -2.24. The largest absolute Gasteiger partial charge is 0.497 e. The monoisotopic (exact) mass is 464 g/mol. The van der Waals surface area contributed by atoms with Crippen LogP contribution in [0, 0.1) is 11.8 Å². The molecule has 0 saturated heterocycles. The molecule has 1 heterocycles. The number of aromatic nitrogens is 1. The van der Waals surface area contributed by atoms with E-state index in [2.05, 4.69) is 0 Å². The molecule has 0 aliphatic carbocycles. The number of ether oxygens (including phenoxy) is 2. The topological polar surface area (TPSA) is 94.9 Å². The number of esters is 1. The summed E-state index contributed by atoms with van der Waals surface area (Å²) in [5, 5.41) is 0.337. The van der Waals surface area contributed by atoms with Crippen molar-refractivity contribution in [3.8, 4) is 11.5 Å². The van der Waals surface area contributed by atoms with Crippen LogP contribution in [0.5, 0.6) is 11.5 Å². The van der Waals surface area contributed by atoms with Gasteiger partial charge in [0, 0.05) is 18.4 Å². The molecule has 0 atom stereocenters. The van der Waals surface area contributed by atoms with E-state index in [0.717, 1.165) is 4.90 Å². The van der Waals surface area contributed by atoms with Gasteiger partial charge in [-0.3, -0.25) is 19.2 Å². The first-order valence-electron chi connectivity index (χ1n) is 10.9. The maximum Gasteiger partial charge on any atom is 0.313 e. The first kappa shape index (κ1) is 24.7. The Morgan fingerprint density at radius 1 is 0.941 bits per heavy atom. The van der Waals surface area contributed by atoms with E-state index in [0.29, 0.717) is 22.3 Å². The Kier molecular flexibility index (Phi) is 7.20. The Morgan fingerprint density at radius 2 is 1.59 bits per heavy atom. The molecule has 3 aromatic rings. The molecule has 8 nitrogen and oxygen atoms in total. The number of nitrogens with zero attached hydrogens (tertiary/aromatic N) is 2. The number of fused-ring (bicyclic) bond motifs is 1. The van der Waals surface area contributed by atoms with Crippen LogP contribution in [0.25, 0.3) is 10.9 Å². The van der Waals surface area contributed by atoms with Gasteiger partial charge >= 0.3 is 5.97 Å². The lowest BCUT2D eigenvalue weighted by atomic mass is 10.1. The molecule has 0 fully saturated rings. The molecule has 0 aliphatic rings. The second kappa shape index (κ2) is 9.91. The van der Waals surface area contributed by atoms with Gasteiger partial charge in [-0.15, -0.1) is 0 Å². The van der Waals surface area contributed by atoms with E-state index in [1.165, 1.54) is 18.7 Å². The summed E-state index contributed by atoms with van der Waals surface area (Å²) in [5.74, 6) is -2.78. The molecule has 34 heavy (non-hydrogen) atoms. The molecule has 0 N–H and O–H groups in total. The van der Waals surface area contributed by atoms with E-state index in [1.54, 1.807) is 76.2 Å². The normalized spacial score (nSPS) is 11.1. The second-order valence-corrected chi connectivity index (χ2v) is 8.50. The van der Waals surface area contributed by atoms with Gasteiger partial charge in [0.1, 0.15) is 11.3 Å². The van der Waals surface area contributed by atoms with Gasteiger partial charge in [-0.2, -0.15) is 0 Å². The standard InChI is InChI=1S/C26H28N2O6/c1-15(2)23(29)28(17-10-8-7-9-11-17)25(31)21-22(34-26(32)16(3)4)19-14-18(33-6)12-13-20(19)27(5)24(21)30/h7-16H,1-6H3. The maximum absolute atomic E-state index is 13.9. The number of carbonyl (C=O) groups is 3. The number of benzene rings is 2. The van der Waals surface area contributed by atoms with Crippen LogP contribution in [0.3, 0.4) is 0 Å². The van der Waals surface area contributed by atoms with E-state index in [9.17, 15) is 19.2 Å². The summed E-state index contributed by atoms with van der Waals surface area (Å²) in [4.78, 5) is 54.1. The Labute approximate surface area is 197 Å². The minimum Gasteiger partial charge on any atom is -0.497 e. The third kappa shape index (κ3) is 4.57. The zero-order valence-corrected chi connectivity index (χ0v) is 20.1. The van der Waals surface area contributed by atoms with Crippen LogP contribution in [0.4, 0.5) is 5.69 Å². The van der Waals surface area contributed by atoms with E-state index in [-0.39, 0.29) is 5.75 Å². The van der Waals surface area contributed by atoms with Crippen LogP contribution in [0.15, 0.2) is 53.3 Å². The third-order valence-corrected chi connectivity index (χ3v) is 5.37. The molecular weight excluding hydrogens is 436 g/mol. The van der Waals surface area contributed by atoms with Crippen molar-refractivity contribution in [2.45, 2.75) is 27.7 Å². The number of pyridine rings is 1. The fraction of sp³-hybridized carbons (Fsp3) is 0.308. The summed E-state index contributed by atoms with van der Waals surface area (Å²) in [6, 6.07) is 13.2. The number of amides is 2. The number of methoxy groups -OCH3 is 1. The van der Waals surface area contributed by atoms with Crippen LogP contribution >= 0.6 is 0 Å². The number of imide groups is 1. The summed E-state index contributed by atoms with van der Waals surface area (Å²) < 4.78 is 12.2. The molecule has 0 saturated carbocycles. The quantitative estimate of drug-likeness (QED) is 0.513. The molecule has 0 aliphatic heterocycles. The predicted octanol–water partition coefficient (Wildman–Crippen LogP) is 3.94. The van der Waals surface area contributed by atoms with E-state index in [4.69, 9.17) is 9.47 Å². The molecule has 0 spiro atoms. The zero-order valence-electron chi connectivity index (χ0n) is 20.1. The SMILES string of the molecule is COc1ccc2c(c1)c(OC(=O)C(C)C)c(C(=O)N(C(=O)C(C)C)c1ccccc1)c(=O)n2C. The fourth-order valence-electron chi connectivity index (χ4n) is 3.43. The minimum atomic E-state index is -0.873. The van der Waals surface area contributed by atoms with Gasteiger partial charge in [0.25, 0.3) is 11.5 Å². The summed E-state index contributed by atoms with van der Waals surface area (Å²) in [6.07, 6.45) is 0. The van der Waals surface area contributed by atoms with E-state index < -0.39 is 40.7 Å². The second-order valence-electron chi connectivity index (χ2n) is 8.50. The lowest BCUT2D eigenvalue weighted by Crippen LogP contribution is -2.43. The van der Waals surface area contributed by atoms with Crippen LogP contribution in [-0.2, 0) is 16.6 Å². The number of carbonyl (C=O) groups excluding carboxylic acids is 3. The molecule has 0 bridgehead atoms. The van der Waals surface area contributed by atoms with Crippen LogP contribution in [-0.4, -0.2) is 29.5 Å². The Morgan fingerprint density at radius 3 is 2.15 bits per heavy atom.